The van der Waals surface area contributed by atoms with Gasteiger partial charge >= 0.3 is 0 Å². The van der Waals surface area contributed by atoms with Gasteiger partial charge in [-0.25, -0.2) is 0 Å². The van der Waals surface area contributed by atoms with Crippen molar-refractivity contribution < 1.29 is 9.53 Å². The Morgan fingerprint density at radius 1 is 1.03 bits per heavy atom. The highest BCUT2D eigenvalue weighted by Crippen LogP contribution is 2.27. The molecule has 1 saturated heterocycles. The maximum Gasteiger partial charge on any atom is 0.234 e. The Morgan fingerprint density at radius 2 is 1.79 bits per heavy atom. The lowest BCUT2D eigenvalue weighted by atomic mass is 10.2. The lowest BCUT2D eigenvalue weighted by Gasteiger charge is -2.28. The van der Waals surface area contributed by atoms with Crippen molar-refractivity contribution in [2.24, 2.45) is 0 Å². The molecule has 150 valence electrons. The molecule has 2 N–H and O–H groups in total. The summed E-state index contributed by atoms with van der Waals surface area (Å²) in [5.74, 6) is 0.215. The summed E-state index contributed by atoms with van der Waals surface area (Å²) in [4.78, 5) is 14.5. The fraction of sp³-hybridized carbons (Fsp3) is 0.250. The minimum absolute atomic E-state index is 0.0677. The van der Waals surface area contributed by atoms with Crippen LogP contribution in [0.1, 0.15) is 0 Å². The Balaban J connectivity index is 1.25. The van der Waals surface area contributed by atoms with Crippen LogP contribution in [0.3, 0.4) is 0 Å². The number of ether oxygens (including phenoxy) is 1. The van der Waals surface area contributed by atoms with E-state index in [0.29, 0.717) is 5.13 Å². The van der Waals surface area contributed by atoms with E-state index in [0.717, 1.165) is 47.7 Å². The highest BCUT2D eigenvalue weighted by Gasteiger charge is 2.12. The standard InChI is InChI=1S/C20H21N5O2S2/c26-18(21-16-6-8-17(9-7-16)25-10-12-27-13-11-25)14-28-20-24-23-19(29-20)22-15-4-2-1-3-5-15/h1-9H,10-14H2,(H,21,26)(H,22,23). The van der Waals surface area contributed by atoms with E-state index in [1.165, 1.54) is 23.1 Å². The summed E-state index contributed by atoms with van der Waals surface area (Å²) in [5, 5.41) is 15.1. The molecule has 3 aromatic rings. The van der Waals surface area contributed by atoms with Crippen LogP contribution < -0.4 is 15.5 Å². The van der Waals surface area contributed by atoms with Gasteiger partial charge in [-0.3, -0.25) is 4.79 Å². The molecule has 1 aliphatic rings. The molecule has 4 rings (SSSR count). The van der Waals surface area contributed by atoms with Crippen molar-refractivity contribution in [2.45, 2.75) is 4.34 Å². The van der Waals surface area contributed by atoms with E-state index in [2.05, 4.69) is 25.7 Å². The maximum absolute atomic E-state index is 12.3. The van der Waals surface area contributed by atoms with E-state index in [9.17, 15) is 4.79 Å². The molecular weight excluding hydrogens is 406 g/mol. The van der Waals surface area contributed by atoms with Gasteiger partial charge in [0.05, 0.1) is 19.0 Å². The monoisotopic (exact) mass is 427 g/mol. The molecule has 0 aliphatic carbocycles. The van der Waals surface area contributed by atoms with Crippen molar-refractivity contribution in [2.75, 3.05) is 47.6 Å². The summed E-state index contributed by atoms with van der Waals surface area (Å²) in [6.07, 6.45) is 0. The zero-order chi connectivity index (χ0) is 19.9. The summed E-state index contributed by atoms with van der Waals surface area (Å²) >= 11 is 2.80. The minimum atomic E-state index is -0.0677. The quantitative estimate of drug-likeness (QED) is 0.555. The number of carbonyl (C=O) groups is 1. The van der Waals surface area contributed by atoms with Crippen LogP contribution in [0.25, 0.3) is 0 Å². The van der Waals surface area contributed by atoms with Crippen molar-refractivity contribution in [3.05, 3.63) is 54.6 Å². The zero-order valence-corrected chi connectivity index (χ0v) is 17.3. The zero-order valence-electron chi connectivity index (χ0n) is 15.7. The predicted octanol–water partition coefficient (Wildman–Crippen LogP) is 3.85. The second kappa shape index (κ2) is 9.73. The lowest BCUT2D eigenvalue weighted by molar-refractivity contribution is -0.113. The first-order chi connectivity index (χ1) is 14.3. The fourth-order valence-corrected chi connectivity index (χ4v) is 4.44. The topological polar surface area (TPSA) is 79.4 Å². The number of para-hydroxylation sites is 1. The predicted molar refractivity (Wildman–Crippen MR) is 118 cm³/mol. The molecule has 2 heterocycles. The van der Waals surface area contributed by atoms with E-state index in [1.54, 1.807) is 0 Å². The molecule has 1 fully saturated rings. The number of nitrogens with zero attached hydrogens (tertiary/aromatic N) is 3. The van der Waals surface area contributed by atoms with Crippen LogP contribution in [0.15, 0.2) is 58.9 Å². The van der Waals surface area contributed by atoms with Crippen molar-refractivity contribution in [1.82, 2.24) is 10.2 Å². The van der Waals surface area contributed by atoms with Gasteiger partial charge in [0, 0.05) is 30.2 Å². The van der Waals surface area contributed by atoms with Gasteiger partial charge in [0.15, 0.2) is 4.34 Å². The number of benzene rings is 2. The Hall–Kier alpha value is -2.62. The molecule has 29 heavy (non-hydrogen) atoms. The molecule has 7 nitrogen and oxygen atoms in total. The third kappa shape index (κ3) is 5.69. The third-order valence-corrected chi connectivity index (χ3v) is 6.26. The molecule has 9 heteroatoms. The van der Waals surface area contributed by atoms with Gasteiger partial charge in [-0.1, -0.05) is 41.3 Å². The lowest BCUT2D eigenvalue weighted by Crippen LogP contribution is -2.36. The van der Waals surface area contributed by atoms with Crippen LogP contribution in [0.5, 0.6) is 0 Å². The molecule has 2 aromatic carbocycles. The average Bonchev–Trinajstić information content (AvgIpc) is 3.21. The Kier molecular flexibility index (Phi) is 6.60. The van der Waals surface area contributed by atoms with Crippen LogP contribution in [0.2, 0.25) is 0 Å². The van der Waals surface area contributed by atoms with Gasteiger partial charge in [0.1, 0.15) is 0 Å². The fourth-order valence-electron chi connectivity index (χ4n) is 2.87. The van der Waals surface area contributed by atoms with Crippen molar-refractivity contribution in [3.8, 4) is 0 Å². The van der Waals surface area contributed by atoms with Gasteiger partial charge < -0.3 is 20.3 Å². The average molecular weight is 428 g/mol. The summed E-state index contributed by atoms with van der Waals surface area (Å²) in [6.45, 7) is 3.30. The van der Waals surface area contributed by atoms with Crippen LogP contribution in [0.4, 0.5) is 22.2 Å². The molecular formula is C20H21N5O2S2. The molecule has 0 spiro atoms. The highest BCUT2D eigenvalue weighted by molar-refractivity contribution is 8.01. The summed E-state index contributed by atoms with van der Waals surface area (Å²) in [5.41, 5.74) is 2.89. The smallest absolute Gasteiger partial charge is 0.234 e. The summed E-state index contributed by atoms with van der Waals surface area (Å²) < 4.78 is 6.13. The number of anilines is 4. The Bertz CT molecular complexity index is 928. The van der Waals surface area contributed by atoms with Crippen LogP contribution >= 0.6 is 23.1 Å². The Labute approximate surface area is 177 Å². The number of amides is 1. The number of morpholine rings is 1. The highest BCUT2D eigenvalue weighted by atomic mass is 32.2. The summed E-state index contributed by atoms with van der Waals surface area (Å²) in [7, 11) is 0. The van der Waals surface area contributed by atoms with E-state index >= 15 is 0 Å². The normalized spacial score (nSPS) is 13.9. The first kappa shape index (κ1) is 19.7. The number of hydrogen-bond acceptors (Lipinski definition) is 8. The molecule has 1 aliphatic heterocycles. The molecule has 1 amide bonds. The number of carbonyl (C=O) groups excluding carboxylic acids is 1. The van der Waals surface area contributed by atoms with E-state index in [-0.39, 0.29) is 11.7 Å². The van der Waals surface area contributed by atoms with Crippen LogP contribution in [-0.4, -0.2) is 48.2 Å². The number of hydrogen-bond donors (Lipinski definition) is 2. The number of thioether (sulfide) groups is 1. The molecule has 0 atom stereocenters. The molecule has 0 radical (unpaired) electrons. The first-order valence-corrected chi connectivity index (χ1v) is 11.1. The molecule has 1 aromatic heterocycles. The van der Waals surface area contributed by atoms with Crippen molar-refractivity contribution in [3.63, 3.8) is 0 Å². The van der Waals surface area contributed by atoms with Crippen molar-refractivity contribution in [1.29, 1.82) is 0 Å². The minimum Gasteiger partial charge on any atom is -0.378 e. The van der Waals surface area contributed by atoms with Gasteiger partial charge in [-0.15, -0.1) is 10.2 Å². The van der Waals surface area contributed by atoms with Gasteiger partial charge in [-0.2, -0.15) is 0 Å². The third-order valence-electron chi connectivity index (χ3n) is 4.29. The molecule has 0 bridgehead atoms. The number of rotatable bonds is 7. The largest absolute Gasteiger partial charge is 0.378 e. The maximum atomic E-state index is 12.3. The van der Waals surface area contributed by atoms with Crippen molar-refractivity contribution >= 4 is 51.2 Å². The number of nitrogens with one attached hydrogen (secondary N) is 2. The number of aromatic nitrogens is 2. The summed E-state index contributed by atoms with van der Waals surface area (Å²) in [6, 6.07) is 17.7. The Morgan fingerprint density at radius 3 is 2.55 bits per heavy atom. The van der Waals surface area contributed by atoms with Gasteiger partial charge in [0.25, 0.3) is 0 Å². The van der Waals surface area contributed by atoms with Crippen LogP contribution in [0, 0.1) is 0 Å². The second-order valence-corrected chi connectivity index (χ2v) is 8.55. The van der Waals surface area contributed by atoms with E-state index in [1.807, 2.05) is 54.6 Å². The first-order valence-electron chi connectivity index (χ1n) is 9.27. The molecule has 0 unspecified atom stereocenters. The molecule has 0 saturated carbocycles. The van der Waals surface area contributed by atoms with Crippen LogP contribution in [-0.2, 0) is 9.53 Å². The van der Waals surface area contributed by atoms with E-state index in [4.69, 9.17) is 4.74 Å². The second-order valence-electron chi connectivity index (χ2n) is 6.35. The van der Waals surface area contributed by atoms with Gasteiger partial charge in [0.2, 0.25) is 11.0 Å². The van der Waals surface area contributed by atoms with E-state index < -0.39 is 0 Å². The SMILES string of the molecule is O=C(CSc1nnc(Nc2ccccc2)s1)Nc1ccc(N2CCOCC2)cc1. The van der Waals surface area contributed by atoms with Gasteiger partial charge in [-0.05, 0) is 36.4 Å².